The zero-order valence-electron chi connectivity index (χ0n) is 13.6. The highest BCUT2D eigenvalue weighted by Gasteiger charge is 2.16. The van der Waals surface area contributed by atoms with Gasteiger partial charge in [-0.05, 0) is 28.8 Å². The molecular weight excluding hydrogens is 316 g/mol. The molecule has 0 radical (unpaired) electrons. The summed E-state index contributed by atoms with van der Waals surface area (Å²) in [6.45, 7) is 0.142. The van der Waals surface area contributed by atoms with Crippen LogP contribution < -0.4 is 0 Å². The van der Waals surface area contributed by atoms with E-state index in [0.717, 1.165) is 5.56 Å². The standard InChI is InChI=1S/C21H18O4/c22-19-12-5-4-9-16(19)13-17-10-6-11-18(20(17)23)21(24)25-14-15-7-2-1-3-8-15/h1-12,22-23H,13-14H2. The third-order valence-electron chi connectivity index (χ3n) is 3.92. The molecule has 25 heavy (non-hydrogen) atoms. The van der Waals surface area contributed by atoms with E-state index in [-0.39, 0.29) is 23.7 Å². The third-order valence-corrected chi connectivity index (χ3v) is 3.92. The fourth-order valence-corrected chi connectivity index (χ4v) is 2.57. The van der Waals surface area contributed by atoms with Crippen molar-refractivity contribution in [2.24, 2.45) is 0 Å². The molecule has 3 aromatic carbocycles. The van der Waals surface area contributed by atoms with Gasteiger partial charge in [-0.2, -0.15) is 0 Å². The van der Waals surface area contributed by atoms with Crippen LogP contribution in [0.1, 0.15) is 27.0 Å². The zero-order valence-corrected chi connectivity index (χ0v) is 13.6. The number of esters is 1. The highest BCUT2D eigenvalue weighted by molar-refractivity contribution is 5.92. The molecule has 3 rings (SSSR count). The summed E-state index contributed by atoms with van der Waals surface area (Å²) < 4.78 is 5.28. The van der Waals surface area contributed by atoms with Crippen LogP contribution in [0.4, 0.5) is 0 Å². The number of benzene rings is 3. The molecule has 4 nitrogen and oxygen atoms in total. The first-order valence-corrected chi connectivity index (χ1v) is 7.94. The van der Waals surface area contributed by atoms with Crippen molar-refractivity contribution in [1.82, 2.24) is 0 Å². The molecule has 2 N–H and O–H groups in total. The number of hydrogen-bond donors (Lipinski definition) is 2. The van der Waals surface area contributed by atoms with Crippen LogP contribution in [-0.4, -0.2) is 16.2 Å². The fourth-order valence-electron chi connectivity index (χ4n) is 2.57. The second-order valence-electron chi connectivity index (χ2n) is 5.68. The molecule has 0 aliphatic rings. The lowest BCUT2D eigenvalue weighted by Crippen LogP contribution is -2.06. The molecule has 4 heteroatoms. The minimum absolute atomic E-state index is 0.115. The van der Waals surface area contributed by atoms with Crippen LogP contribution >= 0.6 is 0 Å². The minimum Gasteiger partial charge on any atom is -0.508 e. The van der Waals surface area contributed by atoms with Gasteiger partial charge in [-0.25, -0.2) is 4.79 Å². The van der Waals surface area contributed by atoms with Crippen LogP contribution in [0.2, 0.25) is 0 Å². The molecule has 0 unspecified atom stereocenters. The summed E-state index contributed by atoms with van der Waals surface area (Å²) in [7, 11) is 0. The molecule has 0 aliphatic heterocycles. The number of phenols is 2. The predicted molar refractivity (Wildman–Crippen MR) is 94.6 cm³/mol. The minimum atomic E-state index is -0.583. The maximum Gasteiger partial charge on any atom is 0.342 e. The van der Waals surface area contributed by atoms with Crippen LogP contribution in [0, 0.1) is 0 Å². The molecule has 0 amide bonds. The van der Waals surface area contributed by atoms with Crippen LogP contribution in [0.25, 0.3) is 0 Å². The van der Waals surface area contributed by atoms with Gasteiger partial charge in [0.2, 0.25) is 0 Å². The summed E-state index contributed by atoms with van der Waals surface area (Å²) >= 11 is 0. The smallest absolute Gasteiger partial charge is 0.342 e. The second kappa shape index (κ2) is 7.53. The van der Waals surface area contributed by atoms with E-state index in [0.29, 0.717) is 17.5 Å². The van der Waals surface area contributed by atoms with E-state index < -0.39 is 5.97 Å². The zero-order chi connectivity index (χ0) is 17.6. The number of phenolic OH excluding ortho intramolecular Hbond substituents is 2. The molecule has 0 heterocycles. The average Bonchev–Trinajstić information content (AvgIpc) is 2.64. The Bertz CT molecular complexity index is 872. The highest BCUT2D eigenvalue weighted by Crippen LogP contribution is 2.28. The van der Waals surface area contributed by atoms with E-state index in [2.05, 4.69) is 0 Å². The van der Waals surface area contributed by atoms with Crippen LogP contribution in [0.5, 0.6) is 11.5 Å². The Morgan fingerprint density at radius 1 is 0.800 bits per heavy atom. The number of rotatable bonds is 5. The van der Waals surface area contributed by atoms with Crippen molar-refractivity contribution in [1.29, 1.82) is 0 Å². The quantitative estimate of drug-likeness (QED) is 0.691. The third kappa shape index (κ3) is 3.98. The van der Waals surface area contributed by atoms with Crippen molar-refractivity contribution in [2.75, 3.05) is 0 Å². The Morgan fingerprint density at radius 2 is 1.48 bits per heavy atom. The number of hydrogen-bond acceptors (Lipinski definition) is 4. The topological polar surface area (TPSA) is 66.8 Å². The van der Waals surface area contributed by atoms with Gasteiger partial charge in [0.1, 0.15) is 23.7 Å². The lowest BCUT2D eigenvalue weighted by Gasteiger charge is -2.11. The van der Waals surface area contributed by atoms with E-state index in [1.165, 1.54) is 6.07 Å². The fraction of sp³-hybridized carbons (Fsp3) is 0.0952. The molecule has 0 aliphatic carbocycles. The van der Waals surface area contributed by atoms with Gasteiger partial charge in [0.25, 0.3) is 0 Å². The summed E-state index contributed by atoms with van der Waals surface area (Å²) in [5, 5.41) is 20.3. The van der Waals surface area contributed by atoms with E-state index in [4.69, 9.17) is 4.74 Å². The van der Waals surface area contributed by atoms with E-state index >= 15 is 0 Å². The maximum absolute atomic E-state index is 12.3. The molecule has 0 atom stereocenters. The first-order chi connectivity index (χ1) is 12.1. The normalized spacial score (nSPS) is 10.4. The van der Waals surface area contributed by atoms with E-state index in [1.54, 1.807) is 30.3 Å². The number of carbonyl (C=O) groups is 1. The molecule has 0 aromatic heterocycles. The van der Waals surface area contributed by atoms with Crippen LogP contribution in [0.15, 0.2) is 72.8 Å². The number of carbonyl (C=O) groups excluding carboxylic acids is 1. The first kappa shape index (κ1) is 16.6. The Balaban J connectivity index is 1.76. The van der Waals surface area contributed by atoms with Crippen LogP contribution in [-0.2, 0) is 17.8 Å². The van der Waals surface area contributed by atoms with Gasteiger partial charge in [0.15, 0.2) is 0 Å². The average molecular weight is 334 g/mol. The lowest BCUT2D eigenvalue weighted by molar-refractivity contribution is 0.0469. The number of para-hydroxylation sites is 2. The number of ether oxygens (including phenoxy) is 1. The summed E-state index contributed by atoms with van der Waals surface area (Å²) in [4.78, 5) is 12.3. The SMILES string of the molecule is O=C(OCc1ccccc1)c1cccc(Cc2ccccc2O)c1O. The summed E-state index contributed by atoms with van der Waals surface area (Å²) in [6, 6.07) is 21.2. The highest BCUT2D eigenvalue weighted by atomic mass is 16.5. The summed E-state index contributed by atoms with van der Waals surface area (Å²) in [6.07, 6.45) is 0.318. The van der Waals surface area contributed by atoms with Gasteiger partial charge in [-0.15, -0.1) is 0 Å². The Kier molecular flexibility index (Phi) is 5.00. The van der Waals surface area contributed by atoms with E-state index in [9.17, 15) is 15.0 Å². The number of aromatic hydroxyl groups is 2. The van der Waals surface area contributed by atoms with Gasteiger partial charge in [0, 0.05) is 6.42 Å². The summed E-state index contributed by atoms with van der Waals surface area (Å²) in [5.41, 5.74) is 2.22. The molecule has 0 saturated heterocycles. The van der Waals surface area contributed by atoms with E-state index in [1.807, 2.05) is 36.4 Å². The largest absolute Gasteiger partial charge is 0.508 e. The van der Waals surface area contributed by atoms with Gasteiger partial charge >= 0.3 is 5.97 Å². The monoisotopic (exact) mass is 334 g/mol. The predicted octanol–water partition coefficient (Wildman–Crippen LogP) is 4.05. The van der Waals surface area contributed by atoms with Crippen molar-refractivity contribution in [3.63, 3.8) is 0 Å². The lowest BCUT2D eigenvalue weighted by atomic mass is 10.0. The van der Waals surface area contributed by atoms with Crippen molar-refractivity contribution in [3.05, 3.63) is 95.1 Å². The first-order valence-electron chi connectivity index (χ1n) is 7.94. The van der Waals surface area contributed by atoms with Crippen molar-refractivity contribution in [2.45, 2.75) is 13.0 Å². The van der Waals surface area contributed by atoms with Crippen molar-refractivity contribution < 1.29 is 19.7 Å². The Morgan fingerprint density at radius 3 is 2.24 bits per heavy atom. The molecule has 0 spiro atoms. The molecule has 3 aromatic rings. The molecule has 0 bridgehead atoms. The van der Waals surface area contributed by atoms with Gasteiger partial charge in [0.05, 0.1) is 0 Å². The van der Waals surface area contributed by atoms with Gasteiger partial charge in [-0.3, -0.25) is 0 Å². The molecular formula is C21H18O4. The molecule has 126 valence electrons. The van der Waals surface area contributed by atoms with Crippen molar-refractivity contribution >= 4 is 5.97 Å². The molecule has 0 fully saturated rings. The Hall–Kier alpha value is -3.27. The summed E-state index contributed by atoms with van der Waals surface area (Å²) in [5.74, 6) is -0.553. The van der Waals surface area contributed by atoms with Crippen LogP contribution in [0.3, 0.4) is 0 Å². The molecule has 0 saturated carbocycles. The maximum atomic E-state index is 12.3. The van der Waals surface area contributed by atoms with Gasteiger partial charge < -0.3 is 14.9 Å². The van der Waals surface area contributed by atoms with Crippen molar-refractivity contribution in [3.8, 4) is 11.5 Å². The Labute approximate surface area is 146 Å². The second-order valence-corrected chi connectivity index (χ2v) is 5.68. The van der Waals surface area contributed by atoms with Gasteiger partial charge in [-0.1, -0.05) is 60.7 Å².